The van der Waals surface area contributed by atoms with E-state index in [9.17, 15) is 19.8 Å². The van der Waals surface area contributed by atoms with Crippen LogP contribution in [0.1, 0.15) is 19.8 Å². The summed E-state index contributed by atoms with van der Waals surface area (Å²) in [4.78, 5) is 28.8. The Morgan fingerprint density at radius 3 is 2.83 bits per heavy atom. The molecule has 0 aromatic rings. The van der Waals surface area contributed by atoms with Crippen molar-refractivity contribution in [2.75, 3.05) is 19.7 Å². The van der Waals surface area contributed by atoms with Gasteiger partial charge < -0.3 is 30.7 Å². The van der Waals surface area contributed by atoms with Crippen LogP contribution in [0.4, 0.5) is 0 Å². The molecule has 2 rings (SSSR count). The van der Waals surface area contributed by atoms with Gasteiger partial charge in [0, 0.05) is 31.7 Å². The lowest BCUT2D eigenvalue weighted by atomic mass is 9.93. The second kappa shape index (κ2) is 7.63. The zero-order valence-electron chi connectivity index (χ0n) is 13.5. The minimum atomic E-state index is -1.04. The number of carbonyl (C=O) groups excluding carboxylic acids is 1. The first-order valence-corrected chi connectivity index (χ1v) is 7.81. The molecule has 2 heterocycles. The molecule has 134 valence electrons. The van der Waals surface area contributed by atoms with E-state index in [1.807, 2.05) is 0 Å². The van der Waals surface area contributed by atoms with Gasteiger partial charge in [0.15, 0.2) is 5.96 Å². The van der Waals surface area contributed by atoms with Crippen molar-refractivity contribution in [1.82, 2.24) is 4.90 Å². The second-order valence-electron chi connectivity index (χ2n) is 6.10. The normalized spacial score (nSPS) is 26.0. The van der Waals surface area contributed by atoms with Gasteiger partial charge in [-0.25, -0.2) is 9.79 Å². The largest absolute Gasteiger partial charge is 0.481 e. The highest BCUT2D eigenvalue weighted by atomic mass is 16.5. The number of hydrogen-bond donors (Lipinski definition) is 4. The fraction of sp³-hybridized carbons (Fsp3) is 0.667. The molecule has 0 aliphatic carbocycles. The summed E-state index contributed by atoms with van der Waals surface area (Å²) >= 11 is 0. The van der Waals surface area contributed by atoms with Gasteiger partial charge in [0.1, 0.15) is 6.10 Å². The van der Waals surface area contributed by atoms with Crippen molar-refractivity contribution in [1.29, 1.82) is 0 Å². The molecule has 0 bridgehead atoms. The summed E-state index contributed by atoms with van der Waals surface area (Å²) in [6.45, 7) is 1.91. The summed E-state index contributed by atoms with van der Waals surface area (Å²) in [5.74, 6) is -2.17. The number of β-amino-alcohol motifs (C(OH)–C–C–N with tert-alkyl or cyclic N) is 1. The predicted molar refractivity (Wildman–Crippen MR) is 84.1 cm³/mol. The summed E-state index contributed by atoms with van der Waals surface area (Å²) < 4.78 is 5.11. The van der Waals surface area contributed by atoms with Gasteiger partial charge in [0.25, 0.3) is 0 Å². The number of hydrogen-bond acceptors (Lipinski definition) is 8. The van der Waals surface area contributed by atoms with Crippen LogP contribution < -0.4 is 5.73 Å². The summed E-state index contributed by atoms with van der Waals surface area (Å²) in [6, 6.07) is -0.586. The molecule has 9 heteroatoms. The van der Waals surface area contributed by atoms with Crippen molar-refractivity contribution in [2.45, 2.75) is 38.0 Å². The molecule has 0 fully saturated rings. The van der Waals surface area contributed by atoms with Crippen LogP contribution >= 0.6 is 0 Å². The number of carbonyl (C=O) groups is 2. The van der Waals surface area contributed by atoms with Gasteiger partial charge in [0.2, 0.25) is 0 Å². The van der Waals surface area contributed by atoms with Gasteiger partial charge in [-0.15, -0.1) is 0 Å². The summed E-state index contributed by atoms with van der Waals surface area (Å²) in [5, 5.41) is 28.1. The fourth-order valence-electron chi connectivity index (χ4n) is 2.89. The van der Waals surface area contributed by atoms with E-state index in [1.54, 1.807) is 17.9 Å². The maximum Gasteiger partial charge on any atom is 0.334 e. The highest BCUT2D eigenvalue weighted by Crippen LogP contribution is 2.26. The lowest BCUT2D eigenvalue weighted by Crippen LogP contribution is -2.41. The van der Waals surface area contributed by atoms with Crippen LogP contribution in [0.25, 0.3) is 0 Å². The minimum absolute atomic E-state index is 0.118. The first kappa shape index (κ1) is 18.2. The number of esters is 1. The van der Waals surface area contributed by atoms with Crippen LogP contribution in [-0.2, 0) is 14.3 Å². The highest BCUT2D eigenvalue weighted by molar-refractivity contribution is 5.90. The van der Waals surface area contributed by atoms with Crippen molar-refractivity contribution < 1.29 is 29.6 Å². The molecule has 5 N–H and O–H groups in total. The van der Waals surface area contributed by atoms with E-state index >= 15 is 0 Å². The van der Waals surface area contributed by atoms with Crippen LogP contribution in [0.5, 0.6) is 0 Å². The molecule has 24 heavy (non-hydrogen) atoms. The third kappa shape index (κ3) is 4.24. The average Bonchev–Trinajstić information content (AvgIpc) is 2.99. The van der Waals surface area contributed by atoms with E-state index in [0.717, 1.165) is 0 Å². The van der Waals surface area contributed by atoms with Crippen molar-refractivity contribution in [3.63, 3.8) is 0 Å². The molecule has 4 unspecified atom stereocenters. The van der Waals surface area contributed by atoms with E-state index in [4.69, 9.17) is 15.6 Å². The zero-order valence-corrected chi connectivity index (χ0v) is 13.5. The average molecular weight is 341 g/mol. The lowest BCUT2D eigenvalue weighted by Gasteiger charge is -2.24. The van der Waals surface area contributed by atoms with Gasteiger partial charge >= 0.3 is 11.9 Å². The van der Waals surface area contributed by atoms with Crippen LogP contribution in [0.15, 0.2) is 16.6 Å². The molecule has 0 radical (unpaired) electrons. The smallest absolute Gasteiger partial charge is 0.334 e. The Morgan fingerprint density at radius 2 is 2.29 bits per heavy atom. The quantitative estimate of drug-likeness (QED) is 0.398. The Morgan fingerprint density at radius 1 is 1.58 bits per heavy atom. The van der Waals surface area contributed by atoms with Crippen molar-refractivity contribution in [2.24, 2.45) is 16.6 Å². The Balaban J connectivity index is 2.00. The molecule has 9 nitrogen and oxygen atoms in total. The van der Waals surface area contributed by atoms with Gasteiger partial charge in [0.05, 0.1) is 18.1 Å². The molecule has 2 aliphatic rings. The van der Waals surface area contributed by atoms with E-state index in [1.165, 1.54) is 0 Å². The van der Waals surface area contributed by atoms with Crippen LogP contribution in [0.2, 0.25) is 0 Å². The summed E-state index contributed by atoms with van der Waals surface area (Å²) in [7, 11) is 0. The van der Waals surface area contributed by atoms with Crippen LogP contribution in [0.3, 0.4) is 0 Å². The Hall–Kier alpha value is -2.13. The van der Waals surface area contributed by atoms with E-state index in [0.29, 0.717) is 5.57 Å². The number of ether oxygens (including phenoxy) is 1. The molecular weight excluding hydrogens is 318 g/mol. The number of aliphatic imine (C=N–C) groups is 1. The Bertz CT molecular complexity index is 561. The zero-order chi connectivity index (χ0) is 17.9. The molecular formula is C15H23N3O6. The van der Waals surface area contributed by atoms with E-state index in [-0.39, 0.29) is 38.5 Å². The molecule has 0 spiro atoms. The molecule has 0 saturated heterocycles. The number of aliphatic hydroxyl groups is 2. The third-order valence-corrected chi connectivity index (χ3v) is 4.21. The minimum Gasteiger partial charge on any atom is -0.481 e. The second-order valence-corrected chi connectivity index (χ2v) is 6.10. The first-order valence-electron chi connectivity index (χ1n) is 7.81. The number of aliphatic hydroxyl groups excluding tert-OH is 2. The van der Waals surface area contributed by atoms with Gasteiger partial charge in [-0.1, -0.05) is 0 Å². The first-order chi connectivity index (χ1) is 11.3. The van der Waals surface area contributed by atoms with Crippen LogP contribution in [-0.4, -0.2) is 76.1 Å². The maximum atomic E-state index is 11.6. The van der Waals surface area contributed by atoms with Crippen molar-refractivity contribution in [3.8, 4) is 0 Å². The lowest BCUT2D eigenvalue weighted by molar-refractivity contribution is -0.147. The number of nitrogens with two attached hydrogens (primary N) is 1. The Kier molecular flexibility index (Phi) is 5.79. The van der Waals surface area contributed by atoms with Gasteiger partial charge in [-0.3, -0.25) is 4.79 Å². The number of nitrogens with zero attached hydrogens (tertiary/aromatic N) is 2. The number of guanidine groups is 1. The van der Waals surface area contributed by atoms with Crippen LogP contribution in [0, 0.1) is 5.92 Å². The summed E-state index contributed by atoms with van der Waals surface area (Å²) in [5.41, 5.74) is 6.28. The molecule has 0 saturated carbocycles. The number of rotatable bonds is 8. The Labute approximate surface area is 139 Å². The van der Waals surface area contributed by atoms with Crippen molar-refractivity contribution >= 4 is 17.9 Å². The van der Waals surface area contributed by atoms with E-state index in [2.05, 4.69) is 4.99 Å². The molecule has 0 amide bonds. The molecule has 2 aliphatic heterocycles. The molecule has 0 aromatic heterocycles. The van der Waals surface area contributed by atoms with Gasteiger partial charge in [-0.2, -0.15) is 0 Å². The molecule has 0 aromatic carbocycles. The number of carboxylic acid groups (broad SMARTS) is 1. The number of cyclic esters (lactones) is 1. The predicted octanol–water partition coefficient (Wildman–Crippen LogP) is -1.31. The number of aliphatic carboxylic acids is 1. The third-order valence-electron chi connectivity index (χ3n) is 4.21. The fourth-order valence-corrected chi connectivity index (χ4v) is 2.89. The summed E-state index contributed by atoms with van der Waals surface area (Å²) in [6.07, 6.45) is 0.589. The van der Waals surface area contributed by atoms with E-state index < -0.39 is 36.1 Å². The highest BCUT2D eigenvalue weighted by Gasteiger charge is 2.38. The maximum absolute atomic E-state index is 11.6. The monoisotopic (exact) mass is 341 g/mol. The van der Waals surface area contributed by atoms with Crippen molar-refractivity contribution in [3.05, 3.63) is 11.6 Å². The SMILES string of the molecule is CC1=CC(CC(C(=O)O)C2CN(CC(O)CCO)C(N)=N2)OC1=O. The van der Waals surface area contributed by atoms with Gasteiger partial charge in [-0.05, 0) is 19.4 Å². The standard InChI is InChI=1S/C15H23N3O6/c1-8-4-10(24-14(8)23)5-11(13(21)22)12-7-18(15(16)17-12)6-9(20)2-3-19/h4,9-12,19-20H,2-3,5-7H2,1H3,(H2,16,17)(H,21,22). The molecule has 4 atom stereocenters. The topological polar surface area (TPSA) is 146 Å². The number of carboxylic acids is 1.